The predicted octanol–water partition coefficient (Wildman–Crippen LogP) is 1.41. The third-order valence-corrected chi connectivity index (χ3v) is 4.27. The molecular formula is C15H20N2O2. The SMILES string of the molecule is NC1CCCC1CNC(=O)C1COc2ccccc21. The van der Waals surface area contributed by atoms with Gasteiger partial charge in [-0.25, -0.2) is 0 Å². The number of nitrogens with one attached hydrogen (secondary N) is 1. The molecule has 0 bridgehead atoms. The molecule has 3 atom stereocenters. The van der Waals surface area contributed by atoms with Gasteiger partial charge in [0.25, 0.3) is 0 Å². The van der Waals surface area contributed by atoms with Crippen LogP contribution in [0.5, 0.6) is 5.75 Å². The number of benzene rings is 1. The van der Waals surface area contributed by atoms with Crippen LogP contribution in [0.3, 0.4) is 0 Å². The van der Waals surface area contributed by atoms with E-state index in [1.54, 1.807) is 0 Å². The Morgan fingerprint density at radius 3 is 3.00 bits per heavy atom. The third kappa shape index (κ3) is 2.45. The summed E-state index contributed by atoms with van der Waals surface area (Å²) in [5, 5.41) is 3.04. The summed E-state index contributed by atoms with van der Waals surface area (Å²) in [6.45, 7) is 1.14. The molecular weight excluding hydrogens is 240 g/mol. The summed E-state index contributed by atoms with van der Waals surface area (Å²) in [5.74, 6) is 1.15. The summed E-state index contributed by atoms with van der Waals surface area (Å²) in [4.78, 5) is 12.2. The van der Waals surface area contributed by atoms with Crippen molar-refractivity contribution in [3.63, 3.8) is 0 Å². The van der Waals surface area contributed by atoms with Crippen molar-refractivity contribution in [3.05, 3.63) is 29.8 Å². The summed E-state index contributed by atoms with van der Waals surface area (Å²) in [6, 6.07) is 7.99. The molecule has 0 aromatic heterocycles. The lowest BCUT2D eigenvalue weighted by Crippen LogP contribution is -2.38. The predicted molar refractivity (Wildman–Crippen MR) is 73.0 cm³/mol. The van der Waals surface area contributed by atoms with E-state index in [4.69, 9.17) is 10.5 Å². The molecule has 1 aliphatic carbocycles. The molecule has 1 aromatic rings. The van der Waals surface area contributed by atoms with E-state index in [0.717, 1.165) is 24.2 Å². The maximum absolute atomic E-state index is 12.2. The van der Waals surface area contributed by atoms with Crippen molar-refractivity contribution < 1.29 is 9.53 Å². The topological polar surface area (TPSA) is 64.3 Å². The lowest BCUT2D eigenvalue weighted by atomic mass is 9.99. The zero-order valence-electron chi connectivity index (χ0n) is 11.0. The summed E-state index contributed by atoms with van der Waals surface area (Å²) in [6.07, 6.45) is 3.38. The Kier molecular flexibility index (Phi) is 3.42. The fourth-order valence-electron chi connectivity index (χ4n) is 3.05. The number of amides is 1. The number of nitrogens with two attached hydrogens (primary N) is 1. The lowest BCUT2D eigenvalue weighted by Gasteiger charge is -2.17. The van der Waals surface area contributed by atoms with E-state index < -0.39 is 0 Å². The van der Waals surface area contributed by atoms with Crippen molar-refractivity contribution in [1.29, 1.82) is 0 Å². The first kappa shape index (κ1) is 12.5. The van der Waals surface area contributed by atoms with Crippen molar-refractivity contribution in [3.8, 4) is 5.75 Å². The quantitative estimate of drug-likeness (QED) is 0.863. The van der Waals surface area contributed by atoms with Crippen molar-refractivity contribution in [1.82, 2.24) is 5.32 Å². The van der Waals surface area contributed by atoms with Gasteiger partial charge < -0.3 is 15.8 Å². The van der Waals surface area contributed by atoms with Crippen molar-refractivity contribution in [2.75, 3.05) is 13.2 Å². The van der Waals surface area contributed by atoms with Gasteiger partial charge in [-0.1, -0.05) is 24.6 Å². The van der Waals surface area contributed by atoms with E-state index >= 15 is 0 Å². The maximum Gasteiger partial charge on any atom is 0.231 e. The fraction of sp³-hybridized carbons (Fsp3) is 0.533. The molecule has 4 heteroatoms. The van der Waals surface area contributed by atoms with Crippen LogP contribution in [0.2, 0.25) is 0 Å². The van der Waals surface area contributed by atoms with E-state index in [-0.39, 0.29) is 17.9 Å². The van der Waals surface area contributed by atoms with Crippen LogP contribution in [0.1, 0.15) is 30.7 Å². The van der Waals surface area contributed by atoms with Crippen LogP contribution in [-0.2, 0) is 4.79 Å². The normalized spacial score (nSPS) is 28.8. The summed E-state index contributed by atoms with van der Waals surface area (Å²) in [7, 11) is 0. The molecule has 102 valence electrons. The minimum Gasteiger partial charge on any atom is -0.492 e. The Hall–Kier alpha value is -1.55. The number of carbonyl (C=O) groups is 1. The van der Waals surface area contributed by atoms with Gasteiger partial charge in [0.05, 0.1) is 0 Å². The zero-order valence-corrected chi connectivity index (χ0v) is 11.0. The molecule has 1 saturated carbocycles. The minimum atomic E-state index is -0.172. The first-order valence-corrected chi connectivity index (χ1v) is 7.00. The number of hydrogen-bond acceptors (Lipinski definition) is 3. The average molecular weight is 260 g/mol. The maximum atomic E-state index is 12.2. The number of rotatable bonds is 3. The smallest absolute Gasteiger partial charge is 0.231 e. The molecule has 3 unspecified atom stereocenters. The summed E-state index contributed by atoms with van der Waals surface area (Å²) in [5.41, 5.74) is 7.02. The largest absolute Gasteiger partial charge is 0.492 e. The Bertz CT molecular complexity index is 475. The van der Waals surface area contributed by atoms with Crippen LogP contribution in [0.4, 0.5) is 0 Å². The van der Waals surface area contributed by atoms with Crippen LogP contribution >= 0.6 is 0 Å². The molecule has 3 N–H and O–H groups in total. The van der Waals surface area contributed by atoms with Gasteiger partial charge in [0, 0.05) is 18.2 Å². The second-order valence-electron chi connectivity index (χ2n) is 5.50. The summed E-state index contributed by atoms with van der Waals surface area (Å²) < 4.78 is 5.54. The van der Waals surface area contributed by atoms with Crippen LogP contribution in [0, 0.1) is 5.92 Å². The molecule has 1 amide bonds. The van der Waals surface area contributed by atoms with Crippen molar-refractivity contribution >= 4 is 5.91 Å². The van der Waals surface area contributed by atoms with Crippen LogP contribution in [0.25, 0.3) is 0 Å². The lowest BCUT2D eigenvalue weighted by molar-refractivity contribution is -0.122. The van der Waals surface area contributed by atoms with Crippen LogP contribution < -0.4 is 15.8 Å². The highest BCUT2D eigenvalue weighted by Crippen LogP contribution is 2.33. The van der Waals surface area contributed by atoms with Crippen molar-refractivity contribution in [2.45, 2.75) is 31.2 Å². The van der Waals surface area contributed by atoms with E-state index in [1.165, 1.54) is 6.42 Å². The van der Waals surface area contributed by atoms with Gasteiger partial charge >= 0.3 is 0 Å². The highest BCUT2D eigenvalue weighted by atomic mass is 16.5. The molecule has 1 fully saturated rings. The van der Waals surface area contributed by atoms with Crippen molar-refractivity contribution in [2.24, 2.45) is 11.7 Å². The summed E-state index contributed by atoms with van der Waals surface area (Å²) >= 11 is 0. The Balaban J connectivity index is 1.60. The van der Waals surface area contributed by atoms with Gasteiger partial charge in [-0.05, 0) is 24.8 Å². The molecule has 1 aromatic carbocycles. The van der Waals surface area contributed by atoms with E-state index in [0.29, 0.717) is 19.1 Å². The first-order chi connectivity index (χ1) is 9.25. The zero-order chi connectivity index (χ0) is 13.2. The van der Waals surface area contributed by atoms with Crippen LogP contribution in [-0.4, -0.2) is 25.1 Å². The highest BCUT2D eigenvalue weighted by Gasteiger charge is 2.31. The average Bonchev–Trinajstić information content (AvgIpc) is 3.02. The number of ether oxygens (including phenoxy) is 1. The van der Waals surface area contributed by atoms with Gasteiger partial charge in [-0.15, -0.1) is 0 Å². The third-order valence-electron chi connectivity index (χ3n) is 4.27. The van der Waals surface area contributed by atoms with Gasteiger partial charge in [-0.2, -0.15) is 0 Å². The minimum absolute atomic E-state index is 0.0593. The number of fused-ring (bicyclic) bond motifs is 1. The van der Waals surface area contributed by atoms with Gasteiger partial charge in [0.1, 0.15) is 18.3 Å². The first-order valence-electron chi connectivity index (χ1n) is 7.00. The molecule has 19 heavy (non-hydrogen) atoms. The Morgan fingerprint density at radius 1 is 1.37 bits per heavy atom. The van der Waals surface area contributed by atoms with Crippen LogP contribution in [0.15, 0.2) is 24.3 Å². The molecule has 2 aliphatic rings. The number of hydrogen-bond donors (Lipinski definition) is 2. The molecule has 0 saturated heterocycles. The highest BCUT2D eigenvalue weighted by molar-refractivity contribution is 5.85. The number of para-hydroxylation sites is 1. The molecule has 3 rings (SSSR count). The standard InChI is InChI=1S/C15H20N2O2/c16-13-6-3-4-10(13)8-17-15(18)12-9-19-14-7-2-1-5-11(12)14/h1-2,5,7,10,12-13H,3-4,6,8-9,16H2,(H,17,18). The molecule has 0 radical (unpaired) electrons. The molecule has 0 spiro atoms. The second kappa shape index (κ2) is 5.21. The molecule has 4 nitrogen and oxygen atoms in total. The Labute approximate surface area is 113 Å². The molecule has 1 aliphatic heterocycles. The fourth-order valence-corrected chi connectivity index (χ4v) is 3.05. The van der Waals surface area contributed by atoms with E-state index in [1.807, 2.05) is 24.3 Å². The molecule has 1 heterocycles. The monoisotopic (exact) mass is 260 g/mol. The Morgan fingerprint density at radius 2 is 2.21 bits per heavy atom. The van der Waals surface area contributed by atoms with E-state index in [9.17, 15) is 4.79 Å². The van der Waals surface area contributed by atoms with Gasteiger partial charge in [-0.3, -0.25) is 4.79 Å². The van der Waals surface area contributed by atoms with E-state index in [2.05, 4.69) is 5.32 Å². The van der Waals surface area contributed by atoms with Gasteiger partial charge in [0.2, 0.25) is 5.91 Å². The second-order valence-corrected chi connectivity index (χ2v) is 5.50. The van der Waals surface area contributed by atoms with Gasteiger partial charge in [0.15, 0.2) is 0 Å². The number of carbonyl (C=O) groups excluding carboxylic acids is 1.